The van der Waals surface area contributed by atoms with E-state index < -0.39 is 11.7 Å². The number of anilines is 1. The number of nitrogen functional groups attached to an aromatic ring is 1. The third-order valence-corrected chi connectivity index (χ3v) is 6.01. The van der Waals surface area contributed by atoms with Crippen molar-refractivity contribution < 1.29 is 19.5 Å². The summed E-state index contributed by atoms with van der Waals surface area (Å²) in [4.78, 5) is 45.9. The third kappa shape index (κ3) is 5.05. The lowest BCUT2D eigenvalue weighted by Gasteiger charge is -2.19. The number of phenolic OH excluding ortho intramolecular Hbond substituents is 1. The fourth-order valence-electron chi connectivity index (χ4n) is 3.90. The first kappa shape index (κ1) is 23.3. The molecule has 1 saturated heterocycles. The number of aromatic hydroxyl groups is 1. The number of carbonyl (C=O) groups excluding carboxylic acids is 3. The number of para-hydroxylation sites is 1. The number of nitrogens with two attached hydrogens (primary N) is 1. The van der Waals surface area contributed by atoms with Gasteiger partial charge in [-0.25, -0.2) is 9.97 Å². The van der Waals surface area contributed by atoms with Gasteiger partial charge in [0.2, 0.25) is 5.95 Å². The van der Waals surface area contributed by atoms with E-state index in [0.717, 1.165) is 0 Å². The van der Waals surface area contributed by atoms with Crippen LogP contribution in [0, 0.1) is 5.92 Å². The average Bonchev–Trinajstić information content (AvgIpc) is 3.25. The average molecular weight is 480 g/mol. The fraction of sp³-hybridized carbons (Fsp3) is 0.208. The van der Waals surface area contributed by atoms with Gasteiger partial charge in [-0.2, -0.15) is 0 Å². The Morgan fingerprint density at radius 2 is 1.91 bits per heavy atom. The van der Waals surface area contributed by atoms with E-state index in [2.05, 4.69) is 20.6 Å². The Morgan fingerprint density at radius 1 is 1.12 bits per heavy atom. The van der Waals surface area contributed by atoms with Gasteiger partial charge in [0.05, 0.1) is 10.6 Å². The summed E-state index contributed by atoms with van der Waals surface area (Å²) in [6.07, 6.45) is 1.58. The number of carbonyl (C=O) groups is 3. The highest BCUT2D eigenvalue weighted by Crippen LogP contribution is 2.26. The zero-order valence-electron chi connectivity index (χ0n) is 18.0. The van der Waals surface area contributed by atoms with Crippen LogP contribution in [0.25, 0.3) is 0 Å². The predicted octanol–water partition coefficient (Wildman–Crippen LogP) is 2.24. The number of halogens is 1. The molecule has 0 spiro atoms. The standard InChI is InChI=1S/C24H22ClN5O4/c25-17-9-13(5-6-15(17)22(33)16-3-1-2-4-20(16)31)21(32)10-14-11-27-12-19(14)29-23(34)18-7-8-28-24(26)30-18/h1-9,14,19,27,31H,10-12H2,(H,29,34)(H2,26,28,30)/t14-,19-/m1/s1. The van der Waals surface area contributed by atoms with Crippen LogP contribution in [0.15, 0.2) is 54.7 Å². The van der Waals surface area contributed by atoms with Crippen LogP contribution in [0.2, 0.25) is 5.02 Å². The molecular formula is C24H22ClN5O4. The van der Waals surface area contributed by atoms with Gasteiger partial charge in [-0.1, -0.05) is 29.8 Å². The van der Waals surface area contributed by atoms with Gasteiger partial charge >= 0.3 is 0 Å². The van der Waals surface area contributed by atoms with Crippen LogP contribution in [-0.4, -0.2) is 51.7 Å². The Bertz CT molecular complexity index is 1270. The number of hydrogen-bond donors (Lipinski definition) is 4. The van der Waals surface area contributed by atoms with Crippen molar-refractivity contribution in [3.63, 3.8) is 0 Å². The molecule has 1 fully saturated rings. The highest BCUT2D eigenvalue weighted by atomic mass is 35.5. The van der Waals surface area contributed by atoms with Crippen LogP contribution in [-0.2, 0) is 0 Å². The molecule has 1 amide bonds. The lowest BCUT2D eigenvalue weighted by atomic mass is 9.93. The molecule has 34 heavy (non-hydrogen) atoms. The molecule has 3 aromatic rings. The smallest absolute Gasteiger partial charge is 0.270 e. The number of rotatable bonds is 7. The van der Waals surface area contributed by atoms with Gasteiger partial charge in [-0.05, 0) is 30.3 Å². The Labute approximate surface area is 200 Å². The Balaban J connectivity index is 1.44. The first-order valence-electron chi connectivity index (χ1n) is 10.6. The second kappa shape index (κ2) is 9.98. The number of nitrogens with one attached hydrogen (secondary N) is 2. The molecule has 1 aromatic heterocycles. The quantitative estimate of drug-likeness (QED) is 0.377. The number of nitrogens with zero attached hydrogens (tertiary/aromatic N) is 2. The first-order chi connectivity index (χ1) is 16.3. The van der Waals surface area contributed by atoms with E-state index in [9.17, 15) is 19.5 Å². The summed E-state index contributed by atoms with van der Waals surface area (Å²) in [7, 11) is 0. The Kier molecular flexibility index (Phi) is 6.85. The summed E-state index contributed by atoms with van der Waals surface area (Å²) in [5.41, 5.74) is 6.38. The zero-order valence-corrected chi connectivity index (χ0v) is 18.7. The minimum atomic E-state index is -0.435. The topological polar surface area (TPSA) is 147 Å². The molecule has 1 aliphatic rings. The fourth-order valence-corrected chi connectivity index (χ4v) is 4.16. The maximum absolute atomic E-state index is 12.9. The summed E-state index contributed by atoms with van der Waals surface area (Å²) < 4.78 is 0. The first-order valence-corrected chi connectivity index (χ1v) is 11.0. The lowest BCUT2D eigenvalue weighted by molar-refractivity contribution is 0.0899. The number of amides is 1. The molecule has 5 N–H and O–H groups in total. The molecule has 9 nitrogen and oxygen atoms in total. The summed E-state index contributed by atoms with van der Waals surface area (Å²) in [6, 6.07) is 11.9. The molecule has 0 unspecified atom stereocenters. The molecule has 0 aliphatic carbocycles. The number of phenols is 1. The molecule has 4 rings (SSSR count). The molecule has 0 radical (unpaired) electrons. The number of aromatic nitrogens is 2. The molecule has 10 heteroatoms. The van der Waals surface area contributed by atoms with E-state index in [4.69, 9.17) is 17.3 Å². The minimum Gasteiger partial charge on any atom is -0.507 e. The highest BCUT2D eigenvalue weighted by molar-refractivity contribution is 6.35. The molecule has 1 aliphatic heterocycles. The summed E-state index contributed by atoms with van der Waals surface area (Å²) >= 11 is 6.32. The molecule has 2 atom stereocenters. The maximum atomic E-state index is 12.9. The van der Waals surface area contributed by atoms with Gasteiger partial charge in [0.15, 0.2) is 11.6 Å². The van der Waals surface area contributed by atoms with E-state index in [1.807, 2.05) is 0 Å². The van der Waals surface area contributed by atoms with Crippen molar-refractivity contribution in [2.45, 2.75) is 12.5 Å². The van der Waals surface area contributed by atoms with Gasteiger partial charge in [0, 0.05) is 48.8 Å². The van der Waals surface area contributed by atoms with Crippen LogP contribution >= 0.6 is 11.6 Å². The number of Topliss-reactive ketones (excluding diaryl/α,β-unsaturated/α-hetero) is 1. The van der Waals surface area contributed by atoms with Crippen molar-refractivity contribution in [1.29, 1.82) is 0 Å². The van der Waals surface area contributed by atoms with E-state index in [-0.39, 0.29) is 57.7 Å². The highest BCUT2D eigenvalue weighted by Gasteiger charge is 2.31. The van der Waals surface area contributed by atoms with E-state index in [1.54, 1.807) is 18.2 Å². The van der Waals surface area contributed by atoms with Crippen LogP contribution < -0.4 is 16.4 Å². The molecule has 174 valence electrons. The second-order valence-electron chi connectivity index (χ2n) is 7.97. The van der Waals surface area contributed by atoms with Crippen LogP contribution in [0.1, 0.15) is 43.2 Å². The number of hydrogen-bond acceptors (Lipinski definition) is 8. The van der Waals surface area contributed by atoms with Crippen molar-refractivity contribution in [3.8, 4) is 5.75 Å². The summed E-state index contributed by atoms with van der Waals surface area (Å²) in [5.74, 6) is -1.27. The maximum Gasteiger partial charge on any atom is 0.270 e. The number of ketones is 2. The largest absolute Gasteiger partial charge is 0.507 e. The van der Waals surface area contributed by atoms with Crippen molar-refractivity contribution >= 4 is 35.0 Å². The van der Waals surface area contributed by atoms with Crippen LogP contribution in [0.5, 0.6) is 5.75 Å². The zero-order chi connectivity index (χ0) is 24.2. The van der Waals surface area contributed by atoms with Crippen LogP contribution in [0.4, 0.5) is 5.95 Å². The van der Waals surface area contributed by atoms with Crippen LogP contribution in [0.3, 0.4) is 0 Å². The summed E-state index contributed by atoms with van der Waals surface area (Å²) in [5, 5.41) is 16.1. The molecule has 2 heterocycles. The minimum absolute atomic E-state index is 0.00482. The van der Waals surface area contributed by atoms with Gasteiger partial charge in [0.25, 0.3) is 5.91 Å². The monoisotopic (exact) mass is 479 g/mol. The van der Waals surface area contributed by atoms with Crippen molar-refractivity contribution in [1.82, 2.24) is 20.6 Å². The molecule has 0 saturated carbocycles. The van der Waals surface area contributed by atoms with E-state index in [0.29, 0.717) is 18.7 Å². The van der Waals surface area contributed by atoms with Gasteiger partial charge in [0.1, 0.15) is 11.4 Å². The van der Waals surface area contributed by atoms with Gasteiger partial charge in [-0.3, -0.25) is 14.4 Å². The van der Waals surface area contributed by atoms with E-state index >= 15 is 0 Å². The Morgan fingerprint density at radius 3 is 2.65 bits per heavy atom. The van der Waals surface area contributed by atoms with Crippen molar-refractivity contribution in [2.75, 3.05) is 18.8 Å². The second-order valence-corrected chi connectivity index (χ2v) is 8.37. The van der Waals surface area contributed by atoms with E-state index in [1.165, 1.54) is 36.5 Å². The number of benzene rings is 2. The SMILES string of the molecule is Nc1nccc(C(=O)N[C@@H]2CNC[C@H]2CC(=O)c2ccc(C(=O)c3ccccc3O)c(Cl)c2)n1. The van der Waals surface area contributed by atoms with Gasteiger partial charge < -0.3 is 21.5 Å². The molecular weight excluding hydrogens is 458 g/mol. The molecule has 2 aromatic carbocycles. The normalized spacial score (nSPS) is 17.3. The van der Waals surface area contributed by atoms with Crippen molar-refractivity contribution in [2.24, 2.45) is 5.92 Å². The Hall–Kier alpha value is -3.82. The van der Waals surface area contributed by atoms with Crippen molar-refractivity contribution in [3.05, 3.63) is 82.1 Å². The summed E-state index contributed by atoms with van der Waals surface area (Å²) in [6.45, 7) is 1.07. The predicted molar refractivity (Wildman–Crippen MR) is 126 cm³/mol. The lowest BCUT2D eigenvalue weighted by Crippen LogP contribution is -2.41. The molecule has 0 bridgehead atoms. The van der Waals surface area contributed by atoms with Gasteiger partial charge in [-0.15, -0.1) is 0 Å². The third-order valence-electron chi connectivity index (χ3n) is 5.70.